The first-order chi connectivity index (χ1) is 10.9. The summed E-state index contributed by atoms with van der Waals surface area (Å²) in [5.41, 5.74) is 0.996. The molecule has 3 rings (SSSR count). The van der Waals surface area contributed by atoms with Gasteiger partial charge in [0, 0.05) is 24.7 Å². The van der Waals surface area contributed by atoms with E-state index in [1.807, 2.05) is 30.9 Å². The van der Waals surface area contributed by atoms with Crippen LogP contribution in [0.15, 0.2) is 42.6 Å². The van der Waals surface area contributed by atoms with Gasteiger partial charge >= 0.3 is 0 Å². The maximum absolute atomic E-state index is 12.1. The van der Waals surface area contributed by atoms with Gasteiger partial charge in [-0.1, -0.05) is 6.07 Å². The lowest BCUT2D eigenvalue weighted by molar-refractivity contribution is -0.592. The number of fused-ring (bicyclic) bond motifs is 1. The summed E-state index contributed by atoms with van der Waals surface area (Å²) < 4.78 is 6.87. The van der Waals surface area contributed by atoms with Crippen LogP contribution in [0.2, 0.25) is 0 Å². The minimum absolute atomic E-state index is 0.141. The van der Waals surface area contributed by atoms with Gasteiger partial charge in [-0.3, -0.25) is 4.79 Å². The zero-order valence-electron chi connectivity index (χ0n) is 13.4. The minimum atomic E-state index is -0.468. The van der Waals surface area contributed by atoms with E-state index in [1.54, 1.807) is 24.3 Å². The maximum Gasteiger partial charge on any atom is 0.285 e. The summed E-state index contributed by atoms with van der Waals surface area (Å²) in [4.78, 5) is 13.2. The van der Waals surface area contributed by atoms with Crippen molar-refractivity contribution in [3.63, 3.8) is 0 Å². The zero-order valence-corrected chi connectivity index (χ0v) is 13.4. The molecule has 2 aromatic rings. The fourth-order valence-electron chi connectivity index (χ4n) is 2.73. The molecule has 1 aromatic heterocycles. The van der Waals surface area contributed by atoms with Crippen LogP contribution in [0.5, 0.6) is 5.75 Å². The van der Waals surface area contributed by atoms with E-state index in [2.05, 4.69) is 5.32 Å². The van der Waals surface area contributed by atoms with E-state index < -0.39 is 5.60 Å². The lowest BCUT2D eigenvalue weighted by Gasteiger charge is -2.36. The molecule has 0 atom stereocenters. The second kappa shape index (κ2) is 5.46. The molecule has 0 aliphatic carbocycles. The van der Waals surface area contributed by atoms with Crippen molar-refractivity contribution in [2.75, 3.05) is 16.8 Å². The molecule has 0 saturated heterocycles. The minimum Gasteiger partial charge on any atom is -0.711 e. The molecule has 0 bridgehead atoms. The Morgan fingerprint density at radius 1 is 1.35 bits per heavy atom. The number of pyridine rings is 1. The summed E-state index contributed by atoms with van der Waals surface area (Å²) in [6.07, 6.45) is 1.48. The van der Waals surface area contributed by atoms with Crippen LogP contribution in [0.25, 0.3) is 0 Å². The molecular weight excluding hydrogens is 294 g/mol. The van der Waals surface area contributed by atoms with Crippen LogP contribution >= 0.6 is 0 Å². The van der Waals surface area contributed by atoms with Crippen molar-refractivity contribution in [3.05, 3.63) is 47.8 Å². The molecule has 1 amide bonds. The molecule has 2 heterocycles. The van der Waals surface area contributed by atoms with Crippen molar-refractivity contribution >= 4 is 23.1 Å². The van der Waals surface area contributed by atoms with Crippen molar-refractivity contribution in [2.45, 2.75) is 26.4 Å². The first-order valence-corrected chi connectivity index (χ1v) is 7.42. The van der Waals surface area contributed by atoms with Gasteiger partial charge in [0.2, 0.25) is 5.91 Å². The second-order valence-electron chi connectivity index (χ2n) is 6.20. The second-order valence-corrected chi connectivity index (χ2v) is 6.20. The van der Waals surface area contributed by atoms with Crippen LogP contribution in [0.3, 0.4) is 0 Å². The molecule has 0 fully saturated rings. The van der Waals surface area contributed by atoms with Crippen molar-refractivity contribution in [1.29, 1.82) is 0 Å². The van der Waals surface area contributed by atoms with E-state index in [1.165, 1.54) is 13.1 Å². The quantitative estimate of drug-likeness (QED) is 0.683. The number of ether oxygens (including phenoxy) is 1. The fraction of sp³-hybridized carbons (Fsp3) is 0.294. The zero-order chi connectivity index (χ0) is 16.6. The molecule has 0 radical (unpaired) electrons. The topological polar surface area (TPSA) is 68.5 Å². The third-order valence-electron chi connectivity index (χ3n) is 3.58. The van der Waals surface area contributed by atoms with E-state index in [9.17, 15) is 10.0 Å². The van der Waals surface area contributed by atoms with E-state index >= 15 is 0 Å². The van der Waals surface area contributed by atoms with Crippen molar-refractivity contribution in [1.82, 2.24) is 0 Å². The van der Waals surface area contributed by atoms with Gasteiger partial charge in [-0.05, 0) is 32.0 Å². The first-order valence-electron chi connectivity index (χ1n) is 7.42. The number of benzene rings is 1. The first kappa shape index (κ1) is 15.1. The Morgan fingerprint density at radius 3 is 2.83 bits per heavy atom. The summed E-state index contributed by atoms with van der Waals surface area (Å²) in [6, 6.07) is 10.7. The van der Waals surface area contributed by atoms with Crippen LogP contribution in [0.1, 0.15) is 20.8 Å². The number of amides is 1. The van der Waals surface area contributed by atoms with Crippen LogP contribution in [-0.2, 0) is 4.79 Å². The highest BCUT2D eigenvalue weighted by molar-refractivity contribution is 5.89. The van der Waals surface area contributed by atoms with E-state index in [0.717, 1.165) is 10.4 Å². The molecule has 1 aromatic carbocycles. The highest BCUT2D eigenvalue weighted by Crippen LogP contribution is 2.41. The van der Waals surface area contributed by atoms with Gasteiger partial charge in [-0.2, -0.15) is 0 Å². The number of aromatic nitrogens is 1. The average molecular weight is 313 g/mol. The largest absolute Gasteiger partial charge is 0.711 e. The van der Waals surface area contributed by atoms with E-state index in [4.69, 9.17) is 4.74 Å². The van der Waals surface area contributed by atoms with E-state index in [-0.39, 0.29) is 5.91 Å². The Balaban J connectivity index is 2.07. The van der Waals surface area contributed by atoms with Crippen LogP contribution in [0.4, 0.5) is 17.2 Å². The summed E-state index contributed by atoms with van der Waals surface area (Å²) in [5, 5.41) is 14.9. The molecule has 6 nitrogen and oxygen atoms in total. The highest BCUT2D eigenvalue weighted by atomic mass is 16.5. The van der Waals surface area contributed by atoms with Gasteiger partial charge in [0.1, 0.15) is 12.1 Å². The summed E-state index contributed by atoms with van der Waals surface area (Å²) in [7, 11) is 0. The Hall–Kier alpha value is -2.76. The van der Waals surface area contributed by atoms with Crippen LogP contribution < -0.4 is 19.7 Å². The number of nitrogens with one attached hydrogen (secondary N) is 1. The van der Waals surface area contributed by atoms with Crippen molar-refractivity contribution in [2.24, 2.45) is 0 Å². The maximum atomic E-state index is 12.1. The molecule has 1 aliphatic rings. The molecule has 23 heavy (non-hydrogen) atoms. The van der Waals surface area contributed by atoms with Gasteiger partial charge in [0.25, 0.3) is 5.82 Å². The highest BCUT2D eigenvalue weighted by Gasteiger charge is 2.38. The van der Waals surface area contributed by atoms with Gasteiger partial charge in [-0.25, -0.2) is 9.63 Å². The molecule has 1 N–H and O–H groups in total. The van der Waals surface area contributed by atoms with Crippen LogP contribution in [0, 0.1) is 5.21 Å². The molecule has 0 saturated carbocycles. The van der Waals surface area contributed by atoms with E-state index in [0.29, 0.717) is 23.8 Å². The van der Waals surface area contributed by atoms with Gasteiger partial charge in [0.15, 0.2) is 11.4 Å². The monoisotopic (exact) mass is 313 g/mol. The van der Waals surface area contributed by atoms with Crippen LogP contribution in [-0.4, -0.2) is 18.1 Å². The van der Waals surface area contributed by atoms with Gasteiger partial charge in [0.05, 0.1) is 6.20 Å². The smallest absolute Gasteiger partial charge is 0.285 e. The fourth-order valence-corrected chi connectivity index (χ4v) is 2.73. The predicted octanol–water partition coefficient (Wildman–Crippen LogP) is 2.59. The molecule has 120 valence electrons. The van der Waals surface area contributed by atoms with Gasteiger partial charge < -0.3 is 15.3 Å². The van der Waals surface area contributed by atoms with Gasteiger partial charge in [-0.15, -0.1) is 0 Å². The molecule has 1 aliphatic heterocycles. The number of carbonyl (C=O) groups excluding carboxylic acids is 1. The molecule has 0 spiro atoms. The summed E-state index contributed by atoms with van der Waals surface area (Å²) in [5.74, 6) is 1.03. The molecular formula is C17H19N3O3. The number of nitrogens with zero attached hydrogens (tertiary/aromatic N) is 2. The number of anilines is 3. The number of hydrogen-bond donors (Lipinski definition) is 1. The normalized spacial score (nSPS) is 15.5. The SMILES string of the molecule is CC(=O)Nc1ccc2c(c1)OC(C)(C)CN2c1cccc[n+]1[O-]. The number of hydrogen-bond acceptors (Lipinski definition) is 4. The Kier molecular flexibility index (Phi) is 3.60. The lowest BCUT2D eigenvalue weighted by Crippen LogP contribution is -2.48. The van der Waals surface area contributed by atoms with Crippen molar-refractivity contribution in [3.8, 4) is 5.75 Å². The van der Waals surface area contributed by atoms with Crippen molar-refractivity contribution < 1.29 is 14.3 Å². The lowest BCUT2D eigenvalue weighted by atomic mass is 10.0. The standard InChI is InChI=1S/C17H19N3O3/c1-12(21)18-13-7-8-14-15(10-13)23-17(2,3)11-19(14)16-6-4-5-9-20(16)22/h4-10H,11H2,1-3H3,(H,18,21). The average Bonchev–Trinajstić information content (AvgIpc) is 2.45. The third-order valence-corrected chi connectivity index (χ3v) is 3.58. The Labute approximate surface area is 134 Å². The summed E-state index contributed by atoms with van der Waals surface area (Å²) >= 11 is 0. The number of carbonyl (C=O) groups is 1. The molecule has 0 unspecified atom stereocenters. The Bertz CT molecular complexity index is 758. The summed E-state index contributed by atoms with van der Waals surface area (Å²) in [6.45, 7) is 5.94. The molecule has 6 heteroatoms. The third kappa shape index (κ3) is 3.06. The number of rotatable bonds is 2. The Morgan fingerprint density at radius 2 is 2.13 bits per heavy atom. The predicted molar refractivity (Wildman–Crippen MR) is 87.9 cm³/mol.